The normalized spacial score (nSPS) is 10.1. The lowest BCUT2D eigenvalue weighted by atomic mass is 10.2. The Bertz CT molecular complexity index is 594. The summed E-state index contributed by atoms with van der Waals surface area (Å²) in [6.07, 6.45) is 0. The lowest BCUT2D eigenvalue weighted by molar-refractivity contribution is 0.304. The van der Waals surface area contributed by atoms with Crippen LogP contribution in [0.1, 0.15) is 21.1 Å². The minimum atomic E-state index is 0.373. The molecule has 0 saturated carbocycles. The summed E-state index contributed by atoms with van der Waals surface area (Å²) in [4.78, 5) is 5.57. The Hall–Kier alpha value is -2.06. The van der Waals surface area contributed by atoms with Gasteiger partial charge in [-0.25, -0.2) is 4.98 Å². The average Bonchev–Trinajstić information content (AvgIpc) is 2.67. The molecule has 0 aliphatic carbocycles. The Kier molecular flexibility index (Phi) is 3.49. The van der Waals surface area contributed by atoms with Crippen molar-refractivity contribution in [1.82, 2.24) is 4.98 Å². The lowest BCUT2D eigenvalue weighted by Gasteiger charge is -2.06. The molecule has 0 aliphatic rings. The van der Waals surface area contributed by atoms with Crippen LogP contribution in [0, 0.1) is 25.2 Å². The molecule has 2 aromatic rings. The number of rotatable bonds is 3. The summed E-state index contributed by atoms with van der Waals surface area (Å²) in [6.45, 7) is 4.37. The molecular weight excluding hydrogens is 246 g/mol. The van der Waals surface area contributed by atoms with Crippen molar-refractivity contribution in [3.63, 3.8) is 0 Å². The number of nitrogens with two attached hydrogens (primary N) is 1. The van der Waals surface area contributed by atoms with Gasteiger partial charge in [0.05, 0.1) is 11.3 Å². The molecule has 0 bridgehead atoms. The van der Waals surface area contributed by atoms with Gasteiger partial charge in [-0.05, 0) is 32.0 Å². The summed E-state index contributed by atoms with van der Waals surface area (Å²) in [6, 6.07) is 7.10. The topological polar surface area (TPSA) is 71.9 Å². The van der Waals surface area contributed by atoms with Crippen molar-refractivity contribution >= 4 is 17.0 Å². The maximum atomic E-state index is 8.99. The van der Waals surface area contributed by atoms with Crippen molar-refractivity contribution in [2.24, 2.45) is 0 Å². The van der Waals surface area contributed by atoms with Gasteiger partial charge in [-0.15, -0.1) is 11.3 Å². The molecule has 0 fully saturated rings. The molecule has 0 radical (unpaired) electrons. The first-order valence-electron chi connectivity index (χ1n) is 5.45. The number of nitrogen functional groups attached to an aromatic ring is 1. The predicted octanol–water partition coefficient (Wildman–Crippen LogP) is 2.79. The second kappa shape index (κ2) is 5.07. The molecule has 92 valence electrons. The van der Waals surface area contributed by atoms with Crippen LogP contribution in [0.2, 0.25) is 0 Å². The van der Waals surface area contributed by atoms with E-state index in [-0.39, 0.29) is 0 Å². The zero-order valence-corrected chi connectivity index (χ0v) is 11.0. The minimum Gasteiger partial charge on any atom is -0.485 e. The van der Waals surface area contributed by atoms with Gasteiger partial charge in [0.1, 0.15) is 23.4 Å². The first-order valence-corrected chi connectivity index (χ1v) is 6.27. The number of nitriles is 1. The Morgan fingerprint density at radius 2 is 2.22 bits per heavy atom. The highest BCUT2D eigenvalue weighted by Crippen LogP contribution is 2.23. The van der Waals surface area contributed by atoms with Gasteiger partial charge in [0, 0.05) is 10.6 Å². The molecule has 4 nitrogen and oxygen atoms in total. The molecule has 1 aromatic heterocycles. The van der Waals surface area contributed by atoms with Gasteiger partial charge in [-0.3, -0.25) is 0 Å². The Morgan fingerprint density at radius 3 is 2.83 bits per heavy atom. The molecular formula is C13H13N3OS. The van der Waals surface area contributed by atoms with E-state index in [0.717, 1.165) is 10.7 Å². The monoisotopic (exact) mass is 259 g/mol. The summed E-state index contributed by atoms with van der Waals surface area (Å²) in [5.74, 6) is 0.539. The van der Waals surface area contributed by atoms with Crippen molar-refractivity contribution in [2.45, 2.75) is 20.5 Å². The second-order valence-corrected chi connectivity index (χ2v) is 5.19. The molecule has 0 aliphatic heterocycles. The predicted molar refractivity (Wildman–Crippen MR) is 71.5 cm³/mol. The summed E-state index contributed by atoms with van der Waals surface area (Å²) >= 11 is 1.61. The Balaban J connectivity index is 2.13. The third kappa shape index (κ3) is 2.60. The van der Waals surface area contributed by atoms with Crippen LogP contribution >= 0.6 is 11.3 Å². The SMILES string of the molecule is Cc1nc(COc2ccc(N)cc2C#N)sc1C. The highest BCUT2D eigenvalue weighted by molar-refractivity contribution is 7.11. The Labute approximate surface area is 110 Å². The van der Waals surface area contributed by atoms with E-state index >= 15 is 0 Å². The summed E-state index contributed by atoms with van der Waals surface area (Å²) in [5, 5.41) is 9.90. The van der Waals surface area contributed by atoms with Crippen molar-refractivity contribution in [2.75, 3.05) is 5.73 Å². The third-order valence-electron chi connectivity index (χ3n) is 2.55. The number of aryl methyl sites for hydroxylation is 2. The summed E-state index contributed by atoms with van der Waals surface area (Å²) in [7, 11) is 0. The van der Waals surface area contributed by atoms with E-state index in [1.54, 1.807) is 29.5 Å². The molecule has 0 saturated heterocycles. The van der Waals surface area contributed by atoms with E-state index in [0.29, 0.717) is 23.6 Å². The molecule has 0 atom stereocenters. The number of nitrogens with zero attached hydrogens (tertiary/aromatic N) is 2. The molecule has 1 heterocycles. The van der Waals surface area contributed by atoms with E-state index in [2.05, 4.69) is 11.1 Å². The van der Waals surface area contributed by atoms with Crippen molar-refractivity contribution in [3.8, 4) is 11.8 Å². The van der Waals surface area contributed by atoms with Crippen LogP contribution in [0.3, 0.4) is 0 Å². The number of hydrogen-bond donors (Lipinski definition) is 1. The first kappa shape index (κ1) is 12.4. The molecule has 0 amide bonds. The fourth-order valence-electron chi connectivity index (χ4n) is 1.50. The number of thiazole rings is 1. The van der Waals surface area contributed by atoms with E-state index in [9.17, 15) is 0 Å². The molecule has 2 N–H and O–H groups in total. The van der Waals surface area contributed by atoms with E-state index < -0.39 is 0 Å². The standard InChI is InChI=1S/C13H13N3OS/c1-8-9(2)18-13(16-8)7-17-12-4-3-11(15)5-10(12)6-14/h3-5H,7,15H2,1-2H3. The highest BCUT2D eigenvalue weighted by Gasteiger charge is 2.07. The van der Waals surface area contributed by atoms with Crippen molar-refractivity contribution in [1.29, 1.82) is 5.26 Å². The van der Waals surface area contributed by atoms with Gasteiger partial charge in [0.2, 0.25) is 0 Å². The van der Waals surface area contributed by atoms with Crippen LogP contribution in [0.15, 0.2) is 18.2 Å². The third-order valence-corrected chi connectivity index (χ3v) is 3.59. The van der Waals surface area contributed by atoms with E-state index in [4.69, 9.17) is 15.7 Å². The second-order valence-electron chi connectivity index (χ2n) is 3.91. The molecule has 5 heteroatoms. The van der Waals surface area contributed by atoms with Crippen molar-refractivity contribution in [3.05, 3.63) is 39.3 Å². The molecule has 0 spiro atoms. The zero-order valence-electron chi connectivity index (χ0n) is 10.2. The molecule has 1 aromatic carbocycles. The number of aromatic nitrogens is 1. The maximum Gasteiger partial charge on any atom is 0.140 e. The molecule has 18 heavy (non-hydrogen) atoms. The van der Waals surface area contributed by atoms with Crippen LogP contribution in [0.5, 0.6) is 5.75 Å². The van der Waals surface area contributed by atoms with Gasteiger partial charge in [0.15, 0.2) is 0 Å². The summed E-state index contributed by atoms with van der Waals surface area (Å²) < 4.78 is 5.61. The van der Waals surface area contributed by atoms with Crippen molar-refractivity contribution < 1.29 is 4.74 Å². The number of anilines is 1. The maximum absolute atomic E-state index is 8.99. The highest BCUT2D eigenvalue weighted by atomic mass is 32.1. The smallest absolute Gasteiger partial charge is 0.140 e. The minimum absolute atomic E-state index is 0.373. The number of hydrogen-bond acceptors (Lipinski definition) is 5. The van der Waals surface area contributed by atoms with Gasteiger partial charge >= 0.3 is 0 Å². The first-order chi connectivity index (χ1) is 8.60. The largest absolute Gasteiger partial charge is 0.485 e. The van der Waals surface area contributed by atoms with Gasteiger partial charge in [-0.1, -0.05) is 0 Å². The fourth-order valence-corrected chi connectivity index (χ4v) is 2.35. The average molecular weight is 259 g/mol. The quantitative estimate of drug-likeness (QED) is 0.860. The van der Waals surface area contributed by atoms with Crippen LogP contribution < -0.4 is 10.5 Å². The summed E-state index contributed by atoms with van der Waals surface area (Å²) in [5.41, 5.74) is 7.64. The lowest BCUT2D eigenvalue weighted by Crippen LogP contribution is -1.97. The van der Waals surface area contributed by atoms with Gasteiger partial charge in [-0.2, -0.15) is 5.26 Å². The Morgan fingerprint density at radius 1 is 1.44 bits per heavy atom. The molecule has 0 unspecified atom stereocenters. The van der Waals surface area contributed by atoms with Crippen LogP contribution in [-0.2, 0) is 6.61 Å². The van der Waals surface area contributed by atoms with Crippen LogP contribution in [0.4, 0.5) is 5.69 Å². The fraction of sp³-hybridized carbons (Fsp3) is 0.231. The van der Waals surface area contributed by atoms with Gasteiger partial charge in [0.25, 0.3) is 0 Å². The number of benzene rings is 1. The van der Waals surface area contributed by atoms with E-state index in [1.807, 2.05) is 13.8 Å². The molecule has 2 rings (SSSR count). The van der Waals surface area contributed by atoms with Crippen LogP contribution in [-0.4, -0.2) is 4.98 Å². The zero-order chi connectivity index (χ0) is 13.1. The number of ether oxygens (including phenoxy) is 1. The van der Waals surface area contributed by atoms with E-state index in [1.165, 1.54) is 4.88 Å². The van der Waals surface area contributed by atoms with Gasteiger partial charge < -0.3 is 10.5 Å². The van der Waals surface area contributed by atoms with Crippen LogP contribution in [0.25, 0.3) is 0 Å².